The summed E-state index contributed by atoms with van der Waals surface area (Å²) in [5, 5.41) is 0. The summed E-state index contributed by atoms with van der Waals surface area (Å²) in [5.41, 5.74) is -0.436. The molecule has 0 aliphatic rings. The Labute approximate surface area is 142 Å². The van der Waals surface area contributed by atoms with Crippen LogP contribution in [0.1, 0.15) is 26.3 Å². The predicted octanol–water partition coefficient (Wildman–Crippen LogP) is 3.40. The second kappa shape index (κ2) is 8.91. The van der Waals surface area contributed by atoms with E-state index in [2.05, 4.69) is 6.58 Å². The molecule has 0 radical (unpaired) electrons. The van der Waals surface area contributed by atoms with Crippen LogP contribution in [-0.4, -0.2) is 32.3 Å². The van der Waals surface area contributed by atoms with E-state index < -0.39 is 17.4 Å². The molecule has 1 rings (SSSR count). The Morgan fingerprint density at radius 1 is 1.17 bits per heavy atom. The van der Waals surface area contributed by atoms with E-state index in [9.17, 15) is 9.59 Å². The molecule has 0 aliphatic heterocycles. The van der Waals surface area contributed by atoms with Crippen molar-refractivity contribution in [2.75, 3.05) is 20.3 Å². The van der Waals surface area contributed by atoms with Gasteiger partial charge in [-0.2, -0.15) is 0 Å². The molecule has 0 saturated carbocycles. The summed E-state index contributed by atoms with van der Waals surface area (Å²) in [6, 6.07) is 7.37. The van der Waals surface area contributed by atoms with Crippen molar-refractivity contribution in [1.29, 1.82) is 0 Å². The van der Waals surface area contributed by atoms with E-state index in [4.69, 9.17) is 14.2 Å². The van der Waals surface area contributed by atoms with E-state index in [0.29, 0.717) is 11.3 Å². The number of methoxy groups -OCH3 is 1. The average Bonchev–Trinajstić information content (AvgIpc) is 2.59. The lowest BCUT2D eigenvalue weighted by Gasteiger charge is -2.25. The monoisotopic (exact) mass is 332 g/mol. The highest BCUT2D eigenvalue weighted by Gasteiger charge is 2.46. The third-order valence-corrected chi connectivity index (χ3v) is 3.58. The zero-order valence-electron chi connectivity index (χ0n) is 14.6. The van der Waals surface area contributed by atoms with E-state index in [1.54, 1.807) is 33.1 Å². The highest BCUT2D eigenvalue weighted by molar-refractivity contribution is 6.03. The van der Waals surface area contributed by atoms with Gasteiger partial charge in [0, 0.05) is 0 Å². The van der Waals surface area contributed by atoms with Crippen molar-refractivity contribution in [2.24, 2.45) is 5.41 Å². The molecule has 0 bridgehead atoms. The first-order chi connectivity index (χ1) is 11.4. The standard InChI is InChI=1S/C19H24O5/c1-6-23-17(20)19(4,18(21)24-7-2)14(3)11-12-15-9-8-10-16(13-15)22-5/h8-13H,3,6-7H2,1-2,4-5H3/b12-11+. The summed E-state index contributed by atoms with van der Waals surface area (Å²) in [7, 11) is 1.58. The van der Waals surface area contributed by atoms with Gasteiger partial charge in [-0.05, 0) is 44.0 Å². The summed E-state index contributed by atoms with van der Waals surface area (Å²) in [4.78, 5) is 24.6. The van der Waals surface area contributed by atoms with E-state index in [1.807, 2.05) is 24.3 Å². The molecule has 0 fully saturated rings. The smallest absolute Gasteiger partial charge is 0.327 e. The van der Waals surface area contributed by atoms with Gasteiger partial charge in [0.05, 0.1) is 20.3 Å². The molecule has 1 aromatic carbocycles. The maximum atomic E-state index is 12.3. The van der Waals surface area contributed by atoms with Crippen LogP contribution in [0.2, 0.25) is 0 Å². The van der Waals surface area contributed by atoms with Gasteiger partial charge < -0.3 is 14.2 Å². The second-order valence-corrected chi connectivity index (χ2v) is 5.20. The molecule has 0 unspecified atom stereocenters. The molecule has 0 heterocycles. The quantitative estimate of drug-likeness (QED) is 0.415. The zero-order chi connectivity index (χ0) is 18.2. The summed E-state index contributed by atoms with van der Waals surface area (Å²) < 4.78 is 15.2. The van der Waals surface area contributed by atoms with Crippen LogP contribution in [0.15, 0.2) is 42.5 Å². The van der Waals surface area contributed by atoms with Gasteiger partial charge in [0.25, 0.3) is 0 Å². The Hall–Kier alpha value is -2.56. The Bertz CT molecular complexity index is 612. The van der Waals surface area contributed by atoms with Crippen LogP contribution in [0.25, 0.3) is 6.08 Å². The number of carbonyl (C=O) groups excluding carboxylic acids is 2. The minimum absolute atomic E-state index is 0.167. The molecule has 1 aromatic rings. The van der Waals surface area contributed by atoms with Crippen LogP contribution in [0.3, 0.4) is 0 Å². The van der Waals surface area contributed by atoms with Crippen molar-refractivity contribution in [3.05, 3.63) is 48.1 Å². The van der Waals surface area contributed by atoms with E-state index in [1.165, 1.54) is 6.92 Å². The molecule has 0 spiro atoms. The minimum Gasteiger partial charge on any atom is -0.497 e. The molecule has 5 heteroatoms. The van der Waals surface area contributed by atoms with Crippen LogP contribution in [-0.2, 0) is 19.1 Å². The van der Waals surface area contributed by atoms with Crippen molar-refractivity contribution in [2.45, 2.75) is 20.8 Å². The van der Waals surface area contributed by atoms with Crippen LogP contribution in [0, 0.1) is 5.41 Å². The molecule has 130 valence electrons. The van der Waals surface area contributed by atoms with E-state index in [0.717, 1.165) is 5.56 Å². The molecule has 0 aromatic heterocycles. The van der Waals surface area contributed by atoms with Crippen LogP contribution >= 0.6 is 0 Å². The number of esters is 2. The first-order valence-electron chi connectivity index (χ1n) is 7.76. The fourth-order valence-electron chi connectivity index (χ4n) is 2.01. The molecular formula is C19H24O5. The molecule has 5 nitrogen and oxygen atoms in total. The van der Waals surface area contributed by atoms with Gasteiger partial charge in [0.2, 0.25) is 0 Å². The Balaban J connectivity index is 3.09. The van der Waals surface area contributed by atoms with Gasteiger partial charge in [0.1, 0.15) is 5.75 Å². The summed E-state index contributed by atoms with van der Waals surface area (Å²) in [6.45, 7) is 9.02. The van der Waals surface area contributed by atoms with E-state index in [-0.39, 0.29) is 13.2 Å². The first kappa shape index (κ1) is 19.5. The highest BCUT2D eigenvalue weighted by Crippen LogP contribution is 2.31. The van der Waals surface area contributed by atoms with Crippen LogP contribution in [0.4, 0.5) is 0 Å². The molecule has 24 heavy (non-hydrogen) atoms. The number of rotatable bonds is 8. The van der Waals surface area contributed by atoms with Crippen LogP contribution < -0.4 is 4.74 Å². The molecular weight excluding hydrogens is 308 g/mol. The third-order valence-electron chi connectivity index (χ3n) is 3.58. The molecule has 0 aliphatic carbocycles. The van der Waals surface area contributed by atoms with Crippen molar-refractivity contribution < 1.29 is 23.8 Å². The lowest BCUT2D eigenvalue weighted by Crippen LogP contribution is -2.40. The van der Waals surface area contributed by atoms with Gasteiger partial charge in [0.15, 0.2) is 5.41 Å². The molecule has 0 atom stereocenters. The summed E-state index contributed by atoms with van der Waals surface area (Å²) in [6.07, 6.45) is 3.37. The molecule has 0 N–H and O–H groups in total. The van der Waals surface area contributed by atoms with E-state index >= 15 is 0 Å². The Morgan fingerprint density at radius 3 is 2.25 bits per heavy atom. The van der Waals surface area contributed by atoms with Crippen molar-refractivity contribution in [1.82, 2.24) is 0 Å². The number of ether oxygens (including phenoxy) is 3. The summed E-state index contributed by atoms with van der Waals surface area (Å²) in [5.74, 6) is -0.645. The lowest BCUT2D eigenvalue weighted by molar-refractivity contribution is -0.167. The van der Waals surface area contributed by atoms with Gasteiger partial charge in [-0.15, -0.1) is 0 Å². The number of hydrogen-bond acceptors (Lipinski definition) is 5. The van der Waals surface area contributed by atoms with Crippen molar-refractivity contribution in [3.63, 3.8) is 0 Å². The molecule has 0 saturated heterocycles. The normalized spacial score (nSPS) is 11.2. The lowest BCUT2D eigenvalue weighted by atomic mass is 9.82. The topological polar surface area (TPSA) is 61.8 Å². The average molecular weight is 332 g/mol. The fourth-order valence-corrected chi connectivity index (χ4v) is 2.01. The number of allylic oxidation sites excluding steroid dienone is 1. The SMILES string of the molecule is C=C(/C=C/c1cccc(OC)c1)C(C)(C(=O)OCC)C(=O)OCC. The van der Waals surface area contributed by atoms with Gasteiger partial charge >= 0.3 is 11.9 Å². The first-order valence-corrected chi connectivity index (χ1v) is 7.76. The maximum Gasteiger partial charge on any atom is 0.327 e. The number of benzene rings is 1. The Morgan fingerprint density at radius 2 is 1.75 bits per heavy atom. The minimum atomic E-state index is -1.58. The zero-order valence-corrected chi connectivity index (χ0v) is 14.6. The largest absolute Gasteiger partial charge is 0.497 e. The Kier molecular flexibility index (Phi) is 7.24. The predicted molar refractivity (Wildman–Crippen MR) is 92.5 cm³/mol. The van der Waals surface area contributed by atoms with Crippen LogP contribution in [0.5, 0.6) is 5.75 Å². The number of carbonyl (C=O) groups is 2. The maximum absolute atomic E-state index is 12.3. The van der Waals surface area contributed by atoms with Gasteiger partial charge in [-0.3, -0.25) is 9.59 Å². The van der Waals surface area contributed by atoms with Gasteiger partial charge in [-0.1, -0.05) is 30.9 Å². The fraction of sp³-hybridized carbons (Fsp3) is 0.368. The third kappa shape index (κ3) is 4.47. The van der Waals surface area contributed by atoms with Crippen molar-refractivity contribution in [3.8, 4) is 5.75 Å². The van der Waals surface area contributed by atoms with Gasteiger partial charge in [-0.25, -0.2) is 0 Å². The highest BCUT2D eigenvalue weighted by atomic mass is 16.6. The van der Waals surface area contributed by atoms with Crippen molar-refractivity contribution >= 4 is 18.0 Å². The molecule has 0 amide bonds. The number of hydrogen-bond donors (Lipinski definition) is 0. The summed E-state index contributed by atoms with van der Waals surface area (Å²) >= 11 is 0. The second-order valence-electron chi connectivity index (χ2n) is 5.20.